The zero-order valence-electron chi connectivity index (χ0n) is 15.4. The minimum Gasteiger partial charge on any atom is -0.497 e. The van der Waals surface area contributed by atoms with Crippen LogP contribution < -0.4 is 15.7 Å². The molecule has 3 N–H and O–H groups in total. The molecular formula is C20H21N3O3S. The Labute approximate surface area is 161 Å². The Kier molecular flexibility index (Phi) is 4.07. The number of carbonyl (C=O) groups is 1. The molecule has 0 fully saturated rings. The van der Waals surface area contributed by atoms with Gasteiger partial charge in [0.2, 0.25) is 0 Å². The first-order valence-electron chi connectivity index (χ1n) is 8.83. The number of ether oxygens (including phenoxy) is 1. The van der Waals surface area contributed by atoms with Crippen LogP contribution in [0.1, 0.15) is 43.9 Å². The lowest BCUT2D eigenvalue weighted by Gasteiger charge is -2.39. The summed E-state index contributed by atoms with van der Waals surface area (Å²) in [6.45, 7) is 4.16. The molecule has 0 amide bonds. The number of hydrogen-bond donors (Lipinski definition) is 3. The predicted octanol–water partition coefficient (Wildman–Crippen LogP) is 3.75. The molecule has 27 heavy (non-hydrogen) atoms. The van der Waals surface area contributed by atoms with Crippen molar-refractivity contribution in [3.05, 3.63) is 56.1 Å². The van der Waals surface area contributed by atoms with Crippen molar-refractivity contribution in [1.82, 2.24) is 9.97 Å². The van der Waals surface area contributed by atoms with Crippen molar-refractivity contribution >= 4 is 29.4 Å². The first kappa shape index (κ1) is 17.7. The second-order valence-electron chi connectivity index (χ2n) is 7.84. The summed E-state index contributed by atoms with van der Waals surface area (Å²) in [4.78, 5) is 30.5. The van der Waals surface area contributed by atoms with Crippen LogP contribution in [0.25, 0.3) is 5.57 Å². The highest BCUT2D eigenvalue weighted by Crippen LogP contribution is 2.49. The van der Waals surface area contributed by atoms with Crippen LogP contribution in [0.2, 0.25) is 0 Å². The number of ketones is 1. The van der Waals surface area contributed by atoms with Gasteiger partial charge in [0.15, 0.2) is 5.78 Å². The van der Waals surface area contributed by atoms with E-state index in [1.807, 2.05) is 24.3 Å². The minimum absolute atomic E-state index is 0.112. The Morgan fingerprint density at radius 3 is 2.48 bits per heavy atom. The molecule has 7 heteroatoms. The Bertz CT molecular complexity index is 1080. The molecule has 4 rings (SSSR count). The third-order valence-corrected chi connectivity index (χ3v) is 5.50. The van der Waals surface area contributed by atoms with Crippen LogP contribution >= 0.6 is 12.2 Å². The molecule has 0 spiro atoms. The van der Waals surface area contributed by atoms with Crippen molar-refractivity contribution in [3.63, 3.8) is 0 Å². The van der Waals surface area contributed by atoms with Crippen molar-refractivity contribution in [2.24, 2.45) is 5.41 Å². The van der Waals surface area contributed by atoms with Crippen molar-refractivity contribution in [1.29, 1.82) is 0 Å². The minimum atomic E-state index is -0.370. The maximum Gasteiger partial charge on any atom is 0.325 e. The summed E-state index contributed by atoms with van der Waals surface area (Å²) < 4.78 is 5.59. The quantitative estimate of drug-likeness (QED) is 0.688. The first-order valence-corrected chi connectivity index (χ1v) is 9.23. The molecule has 0 radical (unpaired) electrons. The number of Topliss-reactive ketones (excluding diaryl/α,β-unsaturated/α-hetero) is 1. The number of fused-ring (bicyclic) bond motifs is 2. The number of anilines is 1. The maximum absolute atomic E-state index is 13.1. The fourth-order valence-electron chi connectivity index (χ4n) is 4.04. The topological polar surface area (TPSA) is 87.0 Å². The number of nitrogens with one attached hydrogen (secondary N) is 3. The van der Waals surface area contributed by atoms with E-state index < -0.39 is 0 Å². The lowest BCUT2D eigenvalue weighted by atomic mass is 9.69. The molecule has 1 unspecified atom stereocenters. The number of aromatic amines is 2. The molecule has 2 aliphatic rings. The maximum atomic E-state index is 13.1. The van der Waals surface area contributed by atoms with Gasteiger partial charge in [-0.05, 0) is 35.1 Å². The molecule has 1 aliphatic heterocycles. The zero-order chi connectivity index (χ0) is 19.3. The molecule has 2 aromatic rings. The van der Waals surface area contributed by atoms with Gasteiger partial charge < -0.3 is 10.1 Å². The van der Waals surface area contributed by atoms with Crippen molar-refractivity contribution in [2.75, 3.05) is 12.4 Å². The summed E-state index contributed by atoms with van der Waals surface area (Å²) in [6.07, 6.45) is 1.20. The zero-order valence-corrected chi connectivity index (χ0v) is 16.3. The fraction of sp³-hybridized carbons (Fsp3) is 0.350. The Hall–Kier alpha value is -2.67. The van der Waals surface area contributed by atoms with Crippen LogP contribution in [0, 0.1) is 10.1 Å². The van der Waals surface area contributed by atoms with Gasteiger partial charge in [0.1, 0.15) is 16.2 Å². The molecule has 1 aliphatic carbocycles. The largest absolute Gasteiger partial charge is 0.497 e. The van der Waals surface area contributed by atoms with Crippen molar-refractivity contribution < 1.29 is 9.53 Å². The van der Waals surface area contributed by atoms with E-state index >= 15 is 0 Å². The van der Waals surface area contributed by atoms with E-state index in [2.05, 4.69) is 29.1 Å². The van der Waals surface area contributed by atoms with Gasteiger partial charge in [-0.15, -0.1) is 0 Å². The number of benzene rings is 1. The number of rotatable bonds is 2. The molecule has 1 atom stereocenters. The molecule has 0 saturated heterocycles. The van der Waals surface area contributed by atoms with Crippen LogP contribution in [0.4, 0.5) is 5.82 Å². The SMILES string of the molecule is COc1ccc(C2Nc3[nH]c(=O)[nH]c(=S)c3C3=C2C(=O)CC(C)(C)C3)cc1. The number of aromatic nitrogens is 2. The van der Waals surface area contributed by atoms with Crippen LogP contribution in [0.15, 0.2) is 34.6 Å². The van der Waals surface area contributed by atoms with Crippen LogP contribution in [-0.4, -0.2) is 22.9 Å². The average molecular weight is 383 g/mol. The summed E-state index contributed by atoms with van der Waals surface area (Å²) in [6, 6.07) is 7.25. The van der Waals surface area contributed by atoms with Crippen molar-refractivity contribution in [3.8, 4) is 5.75 Å². The number of methoxy groups -OCH3 is 1. The lowest BCUT2D eigenvalue weighted by molar-refractivity contribution is -0.118. The highest BCUT2D eigenvalue weighted by Gasteiger charge is 2.41. The van der Waals surface area contributed by atoms with E-state index in [0.29, 0.717) is 16.9 Å². The molecule has 140 valence electrons. The van der Waals surface area contributed by atoms with Gasteiger partial charge in [0, 0.05) is 12.0 Å². The molecular weight excluding hydrogens is 362 g/mol. The van der Waals surface area contributed by atoms with Crippen LogP contribution in [0.3, 0.4) is 0 Å². The molecule has 0 bridgehead atoms. The molecule has 1 aromatic carbocycles. The number of carbonyl (C=O) groups excluding carboxylic acids is 1. The highest BCUT2D eigenvalue weighted by atomic mass is 32.1. The third-order valence-electron chi connectivity index (χ3n) is 5.19. The smallest absolute Gasteiger partial charge is 0.325 e. The van der Waals surface area contributed by atoms with E-state index in [4.69, 9.17) is 17.0 Å². The summed E-state index contributed by atoms with van der Waals surface area (Å²) in [7, 11) is 1.61. The van der Waals surface area contributed by atoms with Gasteiger partial charge in [-0.25, -0.2) is 4.79 Å². The monoisotopic (exact) mass is 383 g/mol. The molecule has 6 nitrogen and oxygen atoms in total. The van der Waals surface area contributed by atoms with E-state index in [-0.39, 0.29) is 22.9 Å². The lowest BCUT2D eigenvalue weighted by Crippen LogP contribution is -2.34. The van der Waals surface area contributed by atoms with E-state index in [1.54, 1.807) is 7.11 Å². The van der Waals surface area contributed by atoms with Gasteiger partial charge in [-0.3, -0.25) is 14.8 Å². The second-order valence-corrected chi connectivity index (χ2v) is 8.25. The summed E-state index contributed by atoms with van der Waals surface area (Å²) in [5, 5.41) is 3.33. The van der Waals surface area contributed by atoms with Gasteiger partial charge in [0.05, 0.1) is 18.7 Å². The van der Waals surface area contributed by atoms with Gasteiger partial charge in [0.25, 0.3) is 0 Å². The number of hydrogen-bond acceptors (Lipinski definition) is 5. The van der Waals surface area contributed by atoms with E-state index in [9.17, 15) is 9.59 Å². The Morgan fingerprint density at radius 1 is 1.11 bits per heavy atom. The molecule has 0 saturated carbocycles. The van der Waals surface area contributed by atoms with Gasteiger partial charge in [-0.1, -0.05) is 38.2 Å². The Morgan fingerprint density at radius 2 is 1.81 bits per heavy atom. The Balaban J connectivity index is 1.95. The number of H-pyrrole nitrogens is 2. The average Bonchev–Trinajstić information content (AvgIpc) is 2.59. The second kappa shape index (κ2) is 6.20. The standard InChI is InChI=1S/C20H21N3O3S/c1-20(2)8-12-14(13(24)9-20)16(10-4-6-11(26-3)7-5-10)21-17-15(12)18(27)23-19(25)22-17/h4-7,16H,8-9H2,1-3H3,(H3,21,22,23,25,27). The van der Waals surface area contributed by atoms with Crippen LogP contribution in [-0.2, 0) is 4.79 Å². The normalized spacial score (nSPS) is 20.6. The highest BCUT2D eigenvalue weighted by molar-refractivity contribution is 7.71. The van der Waals surface area contributed by atoms with Gasteiger partial charge >= 0.3 is 5.69 Å². The predicted molar refractivity (Wildman–Crippen MR) is 107 cm³/mol. The van der Waals surface area contributed by atoms with Crippen molar-refractivity contribution in [2.45, 2.75) is 32.7 Å². The molecule has 1 aromatic heterocycles. The molecule has 2 heterocycles. The summed E-state index contributed by atoms with van der Waals surface area (Å²) in [5.41, 5.74) is 2.78. The van der Waals surface area contributed by atoms with E-state index in [1.165, 1.54) is 0 Å². The number of allylic oxidation sites excluding steroid dienone is 1. The van der Waals surface area contributed by atoms with Crippen LogP contribution in [0.5, 0.6) is 5.75 Å². The summed E-state index contributed by atoms with van der Waals surface area (Å²) in [5.74, 6) is 1.42. The first-order chi connectivity index (χ1) is 12.8. The summed E-state index contributed by atoms with van der Waals surface area (Å²) >= 11 is 5.42. The van der Waals surface area contributed by atoms with Gasteiger partial charge in [-0.2, -0.15) is 0 Å². The fourth-order valence-corrected chi connectivity index (χ4v) is 4.36. The van der Waals surface area contributed by atoms with E-state index in [0.717, 1.165) is 34.4 Å². The third kappa shape index (κ3) is 3.02.